The Morgan fingerprint density at radius 1 is 1.22 bits per heavy atom. The number of amides is 1. The summed E-state index contributed by atoms with van der Waals surface area (Å²) in [6.45, 7) is 7.77. The number of nitrogens with zero attached hydrogens (tertiary/aromatic N) is 3. The van der Waals surface area contributed by atoms with Crippen molar-refractivity contribution in [3.8, 4) is 5.75 Å². The van der Waals surface area contributed by atoms with Gasteiger partial charge in [0.05, 0.1) is 17.6 Å². The van der Waals surface area contributed by atoms with Crippen molar-refractivity contribution in [2.24, 2.45) is 0 Å². The molecule has 0 aliphatic carbocycles. The van der Waals surface area contributed by atoms with Crippen molar-refractivity contribution in [3.05, 3.63) is 67.0 Å². The molecule has 1 aliphatic rings. The Balaban J connectivity index is 1.63. The predicted octanol–water partition coefficient (Wildman–Crippen LogP) is 4.14. The first-order chi connectivity index (χ1) is 13.2. The average molecular weight is 361 g/mol. The molecular formula is C22H23N3O2. The van der Waals surface area contributed by atoms with E-state index in [0.29, 0.717) is 26.1 Å². The topological polar surface area (TPSA) is 47.4 Å². The highest BCUT2D eigenvalue weighted by Gasteiger charge is 2.34. The molecule has 0 bridgehead atoms. The Kier molecular flexibility index (Phi) is 4.67. The summed E-state index contributed by atoms with van der Waals surface area (Å²) in [6, 6.07) is 15.8. The lowest BCUT2D eigenvalue weighted by Gasteiger charge is -2.17. The smallest absolute Gasteiger partial charge is 0.227 e. The van der Waals surface area contributed by atoms with E-state index in [-0.39, 0.29) is 11.8 Å². The summed E-state index contributed by atoms with van der Waals surface area (Å²) in [5.41, 5.74) is 2.94. The van der Waals surface area contributed by atoms with Crippen LogP contribution in [0.5, 0.6) is 5.75 Å². The van der Waals surface area contributed by atoms with E-state index in [2.05, 4.69) is 17.2 Å². The number of hydrogen-bond donors (Lipinski definition) is 0. The Labute approximate surface area is 158 Å². The average Bonchev–Trinajstić information content (AvgIpc) is 3.24. The highest BCUT2D eigenvalue weighted by atomic mass is 16.5. The van der Waals surface area contributed by atoms with Crippen LogP contribution in [0.3, 0.4) is 0 Å². The van der Waals surface area contributed by atoms with Crippen LogP contribution in [0.2, 0.25) is 0 Å². The molecule has 1 aliphatic heterocycles. The van der Waals surface area contributed by atoms with E-state index < -0.39 is 0 Å². The first-order valence-electron chi connectivity index (χ1n) is 9.30. The molecule has 27 heavy (non-hydrogen) atoms. The molecular weight excluding hydrogens is 338 g/mol. The lowest BCUT2D eigenvalue weighted by molar-refractivity contribution is -0.117. The highest BCUT2D eigenvalue weighted by molar-refractivity contribution is 5.96. The molecule has 0 N–H and O–H groups in total. The molecule has 1 saturated heterocycles. The minimum Gasteiger partial charge on any atom is -0.494 e. The monoisotopic (exact) mass is 361 g/mol. The standard InChI is InChI=1S/C22H23N3O2/c1-3-13-24-20-8-6-5-7-19(20)23-22(24)16-14-21(26)25(15-16)17-9-11-18(12-10-17)27-4-2/h3,5-12,16H,1,4,13-15H2,2H3/t16-/m0/s1. The molecule has 4 rings (SSSR count). The number of ether oxygens (including phenoxy) is 1. The van der Waals surface area contributed by atoms with E-state index in [1.54, 1.807) is 0 Å². The Morgan fingerprint density at radius 3 is 2.74 bits per heavy atom. The summed E-state index contributed by atoms with van der Waals surface area (Å²) >= 11 is 0. The molecule has 5 nitrogen and oxygen atoms in total. The van der Waals surface area contributed by atoms with Crippen molar-refractivity contribution in [2.75, 3.05) is 18.1 Å². The second-order valence-electron chi connectivity index (χ2n) is 6.69. The third kappa shape index (κ3) is 3.21. The van der Waals surface area contributed by atoms with E-state index in [1.807, 2.05) is 60.4 Å². The third-order valence-electron chi connectivity index (χ3n) is 4.95. The minimum absolute atomic E-state index is 0.0661. The molecule has 1 atom stereocenters. The van der Waals surface area contributed by atoms with Crippen LogP contribution in [0.4, 0.5) is 5.69 Å². The SMILES string of the molecule is C=CCn1c([C@H]2CC(=O)N(c3ccc(OCC)cc3)C2)nc2ccccc21. The van der Waals surface area contributed by atoms with Crippen molar-refractivity contribution in [3.63, 3.8) is 0 Å². The van der Waals surface area contributed by atoms with Gasteiger partial charge in [0.1, 0.15) is 11.6 Å². The maximum Gasteiger partial charge on any atom is 0.227 e. The molecule has 0 saturated carbocycles. The van der Waals surface area contributed by atoms with Crippen LogP contribution in [0, 0.1) is 0 Å². The number of benzene rings is 2. The molecule has 0 unspecified atom stereocenters. The van der Waals surface area contributed by atoms with Gasteiger partial charge in [0.2, 0.25) is 5.91 Å². The second-order valence-corrected chi connectivity index (χ2v) is 6.69. The maximum absolute atomic E-state index is 12.7. The third-order valence-corrected chi connectivity index (χ3v) is 4.95. The fourth-order valence-corrected chi connectivity index (χ4v) is 3.75. The molecule has 138 valence electrons. The van der Waals surface area contributed by atoms with Gasteiger partial charge in [-0.25, -0.2) is 4.98 Å². The number of fused-ring (bicyclic) bond motifs is 1. The van der Waals surface area contributed by atoms with Gasteiger partial charge < -0.3 is 14.2 Å². The molecule has 5 heteroatoms. The largest absolute Gasteiger partial charge is 0.494 e. The number of allylic oxidation sites excluding steroid dienone is 1. The van der Waals surface area contributed by atoms with Gasteiger partial charge in [-0.1, -0.05) is 18.2 Å². The van der Waals surface area contributed by atoms with E-state index in [9.17, 15) is 4.79 Å². The van der Waals surface area contributed by atoms with Gasteiger partial charge in [-0.3, -0.25) is 4.79 Å². The lowest BCUT2D eigenvalue weighted by atomic mass is 10.1. The van der Waals surface area contributed by atoms with Crippen molar-refractivity contribution >= 4 is 22.6 Å². The zero-order valence-corrected chi connectivity index (χ0v) is 15.5. The van der Waals surface area contributed by atoms with Gasteiger partial charge in [0.15, 0.2) is 0 Å². The van der Waals surface area contributed by atoms with Gasteiger partial charge in [-0.2, -0.15) is 0 Å². The number of hydrogen-bond acceptors (Lipinski definition) is 3. The lowest BCUT2D eigenvalue weighted by Crippen LogP contribution is -2.24. The number of rotatable bonds is 6. The summed E-state index contributed by atoms with van der Waals surface area (Å²) in [5, 5.41) is 0. The van der Waals surface area contributed by atoms with Gasteiger partial charge in [-0.05, 0) is 43.3 Å². The van der Waals surface area contributed by atoms with Crippen LogP contribution in [-0.4, -0.2) is 28.6 Å². The molecule has 2 heterocycles. The molecule has 0 spiro atoms. The van der Waals surface area contributed by atoms with E-state index in [0.717, 1.165) is 28.3 Å². The summed E-state index contributed by atoms with van der Waals surface area (Å²) in [7, 11) is 0. The molecule has 3 aromatic rings. The van der Waals surface area contributed by atoms with Gasteiger partial charge in [-0.15, -0.1) is 6.58 Å². The number of aromatic nitrogens is 2. The summed E-state index contributed by atoms with van der Waals surface area (Å²) < 4.78 is 7.66. The zero-order chi connectivity index (χ0) is 18.8. The number of para-hydroxylation sites is 2. The van der Waals surface area contributed by atoms with Crippen LogP contribution in [0.1, 0.15) is 25.1 Å². The Hall–Kier alpha value is -3.08. The fraction of sp³-hybridized carbons (Fsp3) is 0.273. The zero-order valence-electron chi connectivity index (χ0n) is 15.5. The first-order valence-corrected chi connectivity index (χ1v) is 9.30. The van der Waals surface area contributed by atoms with Crippen LogP contribution in [0.15, 0.2) is 61.2 Å². The number of carbonyl (C=O) groups excluding carboxylic acids is 1. The van der Waals surface area contributed by atoms with Crippen molar-refractivity contribution in [1.29, 1.82) is 0 Å². The molecule has 1 fully saturated rings. The van der Waals surface area contributed by atoms with Crippen molar-refractivity contribution < 1.29 is 9.53 Å². The first kappa shape index (κ1) is 17.3. The second kappa shape index (κ2) is 7.27. The van der Waals surface area contributed by atoms with Crippen LogP contribution in [-0.2, 0) is 11.3 Å². The molecule has 0 radical (unpaired) electrons. The summed E-state index contributed by atoms with van der Waals surface area (Å²) in [5.74, 6) is 1.97. The summed E-state index contributed by atoms with van der Waals surface area (Å²) in [6.07, 6.45) is 2.34. The van der Waals surface area contributed by atoms with Crippen molar-refractivity contribution in [2.45, 2.75) is 25.8 Å². The number of imidazole rings is 1. The normalized spacial score (nSPS) is 16.9. The summed E-state index contributed by atoms with van der Waals surface area (Å²) in [4.78, 5) is 19.4. The van der Waals surface area contributed by atoms with Crippen molar-refractivity contribution in [1.82, 2.24) is 9.55 Å². The van der Waals surface area contributed by atoms with E-state index in [1.165, 1.54) is 0 Å². The number of carbonyl (C=O) groups is 1. The van der Waals surface area contributed by atoms with E-state index >= 15 is 0 Å². The van der Waals surface area contributed by atoms with Crippen LogP contribution in [0.25, 0.3) is 11.0 Å². The molecule has 1 amide bonds. The van der Waals surface area contributed by atoms with Crippen LogP contribution < -0.4 is 9.64 Å². The fourth-order valence-electron chi connectivity index (χ4n) is 3.75. The quantitative estimate of drug-likeness (QED) is 0.620. The van der Waals surface area contributed by atoms with E-state index in [4.69, 9.17) is 9.72 Å². The Morgan fingerprint density at radius 2 is 2.00 bits per heavy atom. The molecule has 1 aromatic heterocycles. The Bertz CT molecular complexity index is 975. The minimum atomic E-state index is 0.0661. The van der Waals surface area contributed by atoms with Gasteiger partial charge >= 0.3 is 0 Å². The van der Waals surface area contributed by atoms with Gasteiger partial charge in [0.25, 0.3) is 0 Å². The predicted molar refractivity (Wildman–Crippen MR) is 107 cm³/mol. The highest BCUT2D eigenvalue weighted by Crippen LogP contribution is 2.33. The number of anilines is 1. The van der Waals surface area contributed by atoms with Gasteiger partial charge in [0, 0.05) is 31.1 Å². The van der Waals surface area contributed by atoms with Crippen LogP contribution >= 0.6 is 0 Å². The maximum atomic E-state index is 12.7. The molecule has 2 aromatic carbocycles.